The zero-order chi connectivity index (χ0) is 19.4. The van der Waals surface area contributed by atoms with Crippen molar-refractivity contribution in [2.45, 2.75) is 6.92 Å². The van der Waals surface area contributed by atoms with E-state index in [9.17, 15) is 9.59 Å². The first-order valence-electron chi connectivity index (χ1n) is 8.17. The first kappa shape index (κ1) is 18.3. The van der Waals surface area contributed by atoms with E-state index >= 15 is 0 Å². The summed E-state index contributed by atoms with van der Waals surface area (Å²) in [6.07, 6.45) is 2.96. The topological polar surface area (TPSA) is 83.1 Å². The molecule has 0 saturated carbocycles. The molecule has 0 fully saturated rings. The highest BCUT2D eigenvalue weighted by Crippen LogP contribution is 2.37. The average molecular weight is 369 g/mol. The van der Waals surface area contributed by atoms with Gasteiger partial charge in [-0.05, 0) is 37.3 Å². The van der Waals surface area contributed by atoms with Gasteiger partial charge < -0.3 is 24.3 Å². The van der Waals surface area contributed by atoms with Gasteiger partial charge in [-0.15, -0.1) is 0 Å². The van der Waals surface area contributed by atoms with Gasteiger partial charge in [0.1, 0.15) is 11.5 Å². The second-order valence-corrected chi connectivity index (χ2v) is 5.74. The quantitative estimate of drug-likeness (QED) is 0.621. The number of fused-ring (bicyclic) bond motifs is 1. The number of methoxy groups -OCH3 is 2. The molecule has 0 unspecified atom stereocenters. The van der Waals surface area contributed by atoms with Crippen molar-refractivity contribution in [2.24, 2.45) is 0 Å². The molecule has 0 aromatic heterocycles. The molecule has 7 nitrogen and oxygen atoms in total. The maximum absolute atomic E-state index is 12.4. The monoisotopic (exact) mass is 369 g/mol. The van der Waals surface area contributed by atoms with Crippen LogP contribution in [0.25, 0.3) is 6.08 Å². The van der Waals surface area contributed by atoms with Crippen LogP contribution in [0, 0.1) is 0 Å². The van der Waals surface area contributed by atoms with Crippen LogP contribution in [0.5, 0.6) is 23.0 Å². The normalized spacial score (nSPS) is 12.1. The highest BCUT2D eigenvalue weighted by molar-refractivity contribution is 6.08. The van der Waals surface area contributed by atoms with E-state index in [0.29, 0.717) is 39.8 Å². The number of rotatable bonds is 6. The maximum Gasteiger partial charge on any atom is 0.248 e. The van der Waals surface area contributed by atoms with Gasteiger partial charge in [0.2, 0.25) is 12.7 Å². The fraction of sp³-hybridized carbons (Fsp3) is 0.200. The Morgan fingerprint density at radius 2 is 1.81 bits per heavy atom. The molecule has 0 saturated heterocycles. The molecule has 0 spiro atoms. The standard InChI is InChI=1S/C20H19NO6/c1-12(22)15-9-18-19(27-11-26-18)10-16(15)21-20(23)7-4-13-8-14(24-2)5-6-17(13)25-3/h4-10H,11H2,1-3H3,(H,21,23)/b7-4+. The molecule has 2 aromatic rings. The predicted octanol–water partition coefficient (Wildman–Crippen LogP) is 3.29. The summed E-state index contributed by atoms with van der Waals surface area (Å²) in [5.74, 6) is 1.62. The lowest BCUT2D eigenvalue weighted by Gasteiger charge is -2.09. The molecule has 0 bridgehead atoms. The Labute approximate surface area is 156 Å². The van der Waals surface area contributed by atoms with Gasteiger partial charge in [0, 0.05) is 23.3 Å². The summed E-state index contributed by atoms with van der Waals surface area (Å²) in [6, 6.07) is 8.42. The van der Waals surface area contributed by atoms with Gasteiger partial charge in [-0.2, -0.15) is 0 Å². The van der Waals surface area contributed by atoms with E-state index < -0.39 is 5.91 Å². The van der Waals surface area contributed by atoms with E-state index in [2.05, 4.69) is 5.32 Å². The molecule has 1 aliphatic heterocycles. The summed E-state index contributed by atoms with van der Waals surface area (Å²) >= 11 is 0. The molecular formula is C20H19NO6. The van der Waals surface area contributed by atoms with Gasteiger partial charge in [-0.1, -0.05) is 0 Å². The van der Waals surface area contributed by atoms with Crippen molar-refractivity contribution in [3.63, 3.8) is 0 Å². The van der Waals surface area contributed by atoms with E-state index in [1.54, 1.807) is 50.6 Å². The summed E-state index contributed by atoms with van der Waals surface area (Å²) in [7, 11) is 3.11. The largest absolute Gasteiger partial charge is 0.497 e. The molecule has 0 radical (unpaired) electrons. The van der Waals surface area contributed by atoms with Crippen LogP contribution >= 0.6 is 0 Å². The van der Waals surface area contributed by atoms with E-state index in [0.717, 1.165) is 0 Å². The lowest BCUT2D eigenvalue weighted by molar-refractivity contribution is -0.111. The van der Waals surface area contributed by atoms with E-state index in [-0.39, 0.29) is 12.6 Å². The molecule has 1 aliphatic rings. The first-order chi connectivity index (χ1) is 13.0. The lowest BCUT2D eigenvalue weighted by atomic mass is 10.1. The molecule has 3 rings (SSSR count). The van der Waals surface area contributed by atoms with Crippen molar-refractivity contribution in [2.75, 3.05) is 26.3 Å². The molecule has 1 N–H and O–H groups in total. The third-order valence-corrected chi connectivity index (χ3v) is 4.00. The van der Waals surface area contributed by atoms with E-state index in [4.69, 9.17) is 18.9 Å². The van der Waals surface area contributed by atoms with Crippen LogP contribution in [-0.4, -0.2) is 32.7 Å². The molecule has 27 heavy (non-hydrogen) atoms. The van der Waals surface area contributed by atoms with E-state index in [1.807, 2.05) is 0 Å². The Morgan fingerprint density at radius 3 is 2.48 bits per heavy atom. The summed E-state index contributed by atoms with van der Waals surface area (Å²) < 4.78 is 21.1. The zero-order valence-corrected chi connectivity index (χ0v) is 15.2. The van der Waals surface area contributed by atoms with Crippen molar-refractivity contribution in [1.82, 2.24) is 0 Å². The van der Waals surface area contributed by atoms with Gasteiger partial charge in [-0.3, -0.25) is 9.59 Å². The lowest BCUT2D eigenvalue weighted by Crippen LogP contribution is -2.11. The number of carbonyl (C=O) groups excluding carboxylic acids is 2. The summed E-state index contributed by atoms with van der Waals surface area (Å²) in [6.45, 7) is 1.50. The van der Waals surface area contributed by atoms with Gasteiger partial charge in [0.25, 0.3) is 0 Å². The minimum atomic E-state index is -0.402. The highest BCUT2D eigenvalue weighted by atomic mass is 16.7. The van der Waals surface area contributed by atoms with Crippen LogP contribution < -0.4 is 24.3 Å². The Kier molecular flexibility index (Phi) is 5.30. The average Bonchev–Trinajstić information content (AvgIpc) is 3.12. The third kappa shape index (κ3) is 4.03. The molecule has 0 atom stereocenters. The minimum absolute atomic E-state index is 0.0830. The number of amides is 1. The van der Waals surface area contributed by atoms with Crippen LogP contribution in [0.2, 0.25) is 0 Å². The Hall–Kier alpha value is -3.48. The fourth-order valence-corrected chi connectivity index (χ4v) is 2.65. The molecule has 2 aromatic carbocycles. The van der Waals surface area contributed by atoms with Crippen molar-refractivity contribution >= 4 is 23.5 Å². The number of carbonyl (C=O) groups is 2. The molecular weight excluding hydrogens is 350 g/mol. The van der Waals surface area contributed by atoms with Crippen LogP contribution in [0.3, 0.4) is 0 Å². The van der Waals surface area contributed by atoms with Crippen molar-refractivity contribution < 1.29 is 28.5 Å². The SMILES string of the molecule is COc1ccc(OC)c(/C=C/C(=O)Nc2cc3c(cc2C(C)=O)OCO3)c1. The number of Topliss-reactive ketones (excluding diaryl/α,β-unsaturated/α-hetero) is 1. The van der Waals surface area contributed by atoms with Crippen molar-refractivity contribution in [1.29, 1.82) is 0 Å². The molecule has 7 heteroatoms. The number of anilines is 1. The predicted molar refractivity (Wildman–Crippen MR) is 99.8 cm³/mol. The Bertz CT molecular complexity index is 919. The second-order valence-electron chi connectivity index (χ2n) is 5.74. The fourth-order valence-electron chi connectivity index (χ4n) is 2.65. The highest BCUT2D eigenvalue weighted by Gasteiger charge is 2.20. The van der Waals surface area contributed by atoms with Crippen LogP contribution in [0.4, 0.5) is 5.69 Å². The minimum Gasteiger partial charge on any atom is -0.497 e. The number of nitrogens with one attached hydrogen (secondary N) is 1. The van der Waals surface area contributed by atoms with Crippen molar-refractivity contribution in [3.05, 3.63) is 47.5 Å². The van der Waals surface area contributed by atoms with Gasteiger partial charge in [-0.25, -0.2) is 0 Å². The van der Waals surface area contributed by atoms with Crippen LogP contribution in [0.1, 0.15) is 22.8 Å². The van der Waals surface area contributed by atoms with Gasteiger partial charge >= 0.3 is 0 Å². The number of hydrogen-bond donors (Lipinski definition) is 1. The Morgan fingerprint density at radius 1 is 1.07 bits per heavy atom. The maximum atomic E-state index is 12.4. The van der Waals surface area contributed by atoms with Gasteiger partial charge in [0.15, 0.2) is 17.3 Å². The summed E-state index contributed by atoms with van der Waals surface area (Å²) in [4.78, 5) is 24.2. The third-order valence-electron chi connectivity index (χ3n) is 4.00. The van der Waals surface area contributed by atoms with E-state index in [1.165, 1.54) is 13.0 Å². The number of ether oxygens (including phenoxy) is 4. The van der Waals surface area contributed by atoms with Crippen molar-refractivity contribution in [3.8, 4) is 23.0 Å². The smallest absolute Gasteiger partial charge is 0.248 e. The van der Waals surface area contributed by atoms with Crippen LogP contribution in [-0.2, 0) is 4.79 Å². The number of hydrogen-bond acceptors (Lipinski definition) is 6. The molecule has 0 aliphatic carbocycles. The number of ketones is 1. The first-order valence-corrected chi connectivity index (χ1v) is 8.17. The number of benzene rings is 2. The zero-order valence-electron chi connectivity index (χ0n) is 15.2. The summed E-state index contributed by atoms with van der Waals surface area (Å²) in [5.41, 5.74) is 1.39. The summed E-state index contributed by atoms with van der Waals surface area (Å²) in [5, 5.41) is 2.70. The van der Waals surface area contributed by atoms with Crippen LogP contribution in [0.15, 0.2) is 36.4 Å². The molecule has 1 amide bonds. The Balaban J connectivity index is 1.82. The molecule has 1 heterocycles. The second kappa shape index (κ2) is 7.82. The molecule has 140 valence electrons. The van der Waals surface area contributed by atoms with Gasteiger partial charge in [0.05, 0.1) is 19.9 Å².